The molecule has 0 fully saturated rings. The number of hydrogen-bond acceptors (Lipinski definition) is 2. The fourth-order valence-corrected chi connectivity index (χ4v) is 2.29. The van der Waals surface area contributed by atoms with Crippen LogP contribution in [0.5, 0.6) is 0 Å². The zero-order chi connectivity index (χ0) is 16.1. The van der Waals surface area contributed by atoms with Crippen LogP contribution in [0.2, 0.25) is 10.0 Å². The van der Waals surface area contributed by atoms with Crippen molar-refractivity contribution in [3.63, 3.8) is 0 Å². The second kappa shape index (κ2) is 7.47. The van der Waals surface area contributed by atoms with E-state index in [-0.39, 0.29) is 18.1 Å². The molecule has 0 aliphatic rings. The van der Waals surface area contributed by atoms with Crippen molar-refractivity contribution in [2.75, 3.05) is 23.8 Å². The van der Waals surface area contributed by atoms with Gasteiger partial charge in [-0.05, 0) is 30.3 Å². The summed E-state index contributed by atoms with van der Waals surface area (Å²) >= 11 is 11.9. The van der Waals surface area contributed by atoms with E-state index in [1.54, 1.807) is 48.3 Å². The molecule has 0 saturated heterocycles. The largest absolute Gasteiger partial charge is 0.372 e. The van der Waals surface area contributed by atoms with Crippen molar-refractivity contribution in [3.05, 3.63) is 58.3 Å². The average Bonchev–Trinajstić information content (AvgIpc) is 2.49. The van der Waals surface area contributed by atoms with Crippen LogP contribution in [-0.4, -0.2) is 19.5 Å². The first-order chi connectivity index (χ1) is 10.5. The summed E-state index contributed by atoms with van der Waals surface area (Å²) in [5.41, 5.74) is 0.920. The third-order valence-electron chi connectivity index (χ3n) is 3.14. The summed E-state index contributed by atoms with van der Waals surface area (Å²) in [4.78, 5) is 13.7. The van der Waals surface area contributed by atoms with Crippen LogP contribution in [0.15, 0.2) is 42.5 Å². The molecule has 0 radical (unpaired) electrons. The van der Waals surface area contributed by atoms with Crippen molar-refractivity contribution in [3.8, 4) is 0 Å². The number of carbonyl (C=O) groups is 1. The summed E-state index contributed by atoms with van der Waals surface area (Å²) in [7, 11) is 1.73. The number of hydrogen-bond donors (Lipinski definition) is 1. The Kier molecular flexibility index (Phi) is 5.63. The summed E-state index contributed by atoms with van der Waals surface area (Å²) < 4.78 is 13.6. The molecule has 0 saturated carbocycles. The maximum atomic E-state index is 13.6. The van der Waals surface area contributed by atoms with Gasteiger partial charge in [-0.15, -0.1) is 0 Å². The minimum atomic E-state index is -0.316. The van der Waals surface area contributed by atoms with Crippen LogP contribution in [0.4, 0.5) is 15.8 Å². The Morgan fingerprint density at radius 2 is 1.95 bits per heavy atom. The Bertz CT molecular complexity index is 679. The number of anilines is 2. The van der Waals surface area contributed by atoms with Crippen molar-refractivity contribution >= 4 is 40.5 Å². The molecule has 1 N–H and O–H groups in total. The molecule has 0 aromatic heterocycles. The number of nitrogens with zero attached hydrogens (tertiary/aromatic N) is 1. The smallest absolute Gasteiger partial charge is 0.226 e. The number of amides is 1. The molecule has 2 aromatic carbocycles. The zero-order valence-electron chi connectivity index (χ0n) is 11.9. The lowest BCUT2D eigenvalue weighted by molar-refractivity contribution is -0.116. The van der Waals surface area contributed by atoms with E-state index in [0.717, 1.165) is 0 Å². The lowest BCUT2D eigenvalue weighted by Crippen LogP contribution is -2.24. The van der Waals surface area contributed by atoms with Crippen LogP contribution in [-0.2, 0) is 4.79 Å². The highest BCUT2D eigenvalue weighted by atomic mass is 35.5. The van der Waals surface area contributed by atoms with Gasteiger partial charge in [0, 0.05) is 25.0 Å². The van der Waals surface area contributed by atoms with Crippen molar-refractivity contribution in [1.29, 1.82) is 0 Å². The predicted octanol–water partition coefficient (Wildman–Crippen LogP) is 4.60. The van der Waals surface area contributed by atoms with E-state index >= 15 is 0 Å². The number of nitrogens with one attached hydrogen (secondary N) is 1. The van der Waals surface area contributed by atoms with Gasteiger partial charge in [0.15, 0.2) is 0 Å². The first-order valence-electron chi connectivity index (χ1n) is 6.68. The normalized spacial score (nSPS) is 10.4. The van der Waals surface area contributed by atoms with Crippen LogP contribution in [0.3, 0.4) is 0 Å². The van der Waals surface area contributed by atoms with Gasteiger partial charge in [-0.3, -0.25) is 4.79 Å². The maximum absolute atomic E-state index is 13.6. The molecule has 116 valence electrons. The Balaban J connectivity index is 1.93. The van der Waals surface area contributed by atoms with Gasteiger partial charge < -0.3 is 10.2 Å². The summed E-state index contributed by atoms with van der Waals surface area (Å²) in [5.74, 6) is -0.532. The van der Waals surface area contributed by atoms with Gasteiger partial charge in [-0.1, -0.05) is 35.3 Å². The molecule has 0 spiro atoms. The van der Waals surface area contributed by atoms with Gasteiger partial charge >= 0.3 is 0 Å². The van der Waals surface area contributed by atoms with Gasteiger partial charge in [0.1, 0.15) is 5.82 Å². The summed E-state index contributed by atoms with van der Waals surface area (Å²) in [6.45, 7) is 0.380. The first-order valence-corrected chi connectivity index (χ1v) is 7.43. The number of para-hydroxylation sites is 1. The molecule has 0 atom stereocenters. The van der Waals surface area contributed by atoms with Crippen LogP contribution in [0.25, 0.3) is 0 Å². The van der Waals surface area contributed by atoms with E-state index in [0.29, 0.717) is 28.0 Å². The molecule has 6 heteroatoms. The quantitative estimate of drug-likeness (QED) is 0.862. The summed E-state index contributed by atoms with van der Waals surface area (Å²) in [6.07, 6.45) is 0.202. The highest BCUT2D eigenvalue weighted by Gasteiger charge is 2.10. The molecule has 0 bridgehead atoms. The zero-order valence-corrected chi connectivity index (χ0v) is 13.5. The summed E-state index contributed by atoms with van der Waals surface area (Å²) in [6, 6.07) is 11.3. The summed E-state index contributed by atoms with van der Waals surface area (Å²) in [5, 5.41) is 3.60. The van der Waals surface area contributed by atoms with Gasteiger partial charge in [-0.2, -0.15) is 0 Å². The third-order valence-corrected chi connectivity index (χ3v) is 3.71. The molecule has 3 nitrogen and oxygen atoms in total. The van der Waals surface area contributed by atoms with Gasteiger partial charge in [0.2, 0.25) is 5.91 Å². The number of benzene rings is 2. The van der Waals surface area contributed by atoms with E-state index in [9.17, 15) is 9.18 Å². The van der Waals surface area contributed by atoms with Crippen LogP contribution in [0, 0.1) is 5.82 Å². The highest BCUT2D eigenvalue weighted by Crippen LogP contribution is 2.25. The predicted molar refractivity (Wildman–Crippen MR) is 89.4 cm³/mol. The minimum absolute atomic E-state index is 0.202. The number of rotatable bonds is 5. The molecule has 0 unspecified atom stereocenters. The molecule has 0 heterocycles. The third kappa shape index (κ3) is 4.36. The Morgan fingerprint density at radius 1 is 1.23 bits per heavy atom. The van der Waals surface area contributed by atoms with E-state index in [1.165, 1.54) is 6.07 Å². The van der Waals surface area contributed by atoms with E-state index < -0.39 is 0 Å². The fourth-order valence-electron chi connectivity index (χ4n) is 1.96. The molecule has 22 heavy (non-hydrogen) atoms. The lowest BCUT2D eigenvalue weighted by atomic mass is 10.2. The van der Waals surface area contributed by atoms with Crippen molar-refractivity contribution in [1.82, 2.24) is 0 Å². The maximum Gasteiger partial charge on any atom is 0.226 e. The van der Waals surface area contributed by atoms with Crippen molar-refractivity contribution < 1.29 is 9.18 Å². The molecule has 2 rings (SSSR count). The topological polar surface area (TPSA) is 32.3 Å². The van der Waals surface area contributed by atoms with Crippen molar-refractivity contribution in [2.24, 2.45) is 0 Å². The van der Waals surface area contributed by atoms with E-state index in [4.69, 9.17) is 23.2 Å². The molecular formula is C16H15Cl2FN2O. The SMILES string of the molecule is CN(CCC(=O)Nc1cc(Cl)ccc1Cl)c1ccccc1F. The fraction of sp³-hybridized carbons (Fsp3) is 0.188. The molecular weight excluding hydrogens is 326 g/mol. The Morgan fingerprint density at radius 3 is 2.68 bits per heavy atom. The first kappa shape index (κ1) is 16.6. The van der Waals surface area contributed by atoms with Crippen LogP contribution >= 0.6 is 23.2 Å². The molecule has 0 aliphatic carbocycles. The standard InChI is InChI=1S/C16H15Cl2FN2O/c1-21(15-5-3-2-4-13(15)19)9-8-16(22)20-14-10-11(17)6-7-12(14)18/h2-7,10H,8-9H2,1H3,(H,20,22). The Hall–Kier alpha value is -1.78. The number of halogens is 3. The average molecular weight is 341 g/mol. The van der Waals surface area contributed by atoms with Crippen molar-refractivity contribution in [2.45, 2.75) is 6.42 Å². The van der Waals surface area contributed by atoms with Gasteiger partial charge in [0.05, 0.1) is 16.4 Å². The van der Waals surface area contributed by atoms with Gasteiger partial charge in [0.25, 0.3) is 0 Å². The highest BCUT2D eigenvalue weighted by molar-refractivity contribution is 6.35. The Labute approximate surface area is 138 Å². The number of carbonyl (C=O) groups excluding carboxylic acids is 1. The van der Waals surface area contributed by atoms with E-state index in [1.807, 2.05) is 0 Å². The molecule has 0 aliphatic heterocycles. The molecule has 1 amide bonds. The minimum Gasteiger partial charge on any atom is -0.372 e. The lowest BCUT2D eigenvalue weighted by Gasteiger charge is -2.19. The molecule has 2 aromatic rings. The van der Waals surface area contributed by atoms with E-state index in [2.05, 4.69) is 5.32 Å². The van der Waals surface area contributed by atoms with Gasteiger partial charge in [-0.25, -0.2) is 4.39 Å². The van der Waals surface area contributed by atoms with Crippen LogP contribution < -0.4 is 10.2 Å². The second-order valence-electron chi connectivity index (χ2n) is 4.80. The monoisotopic (exact) mass is 340 g/mol. The van der Waals surface area contributed by atoms with Crippen LogP contribution in [0.1, 0.15) is 6.42 Å². The second-order valence-corrected chi connectivity index (χ2v) is 5.64.